The van der Waals surface area contributed by atoms with Gasteiger partial charge in [0.25, 0.3) is 5.91 Å². The fraction of sp³-hybridized carbons (Fsp3) is 0.118. The number of benzene rings is 2. The van der Waals surface area contributed by atoms with Gasteiger partial charge in [0, 0.05) is 11.1 Å². The molecule has 1 amide bonds. The first-order valence-electron chi connectivity index (χ1n) is 7.37. The number of aryl methyl sites for hydroxylation is 1. The van der Waals surface area contributed by atoms with Crippen molar-refractivity contribution in [1.29, 1.82) is 0 Å². The van der Waals surface area contributed by atoms with Crippen molar-refractivity contribution in [1.82, 2.24) is 15.2 Å². The van der Waals surface area contributed by atoms with E-state index in [0.29, 0.717) is 5.82 Å². The summed E-state index contributed by atoms with van der Waals surface area (Å²) in [6.45, 7) is -0.981. The zero-order valence-corrected chi connectivity index (χ0v) is 13.2. The molecule has 2 N–H and O–H groups in total. The number of hydrogen-bond donors (Lipinski definition) is 2. The van der Waals surface area contributed by atoms with Gasteiger partial charge in [-0.2, -0.15) is 13.8 Å². The quantitative estimate of drug-likeness (QED) is 0.741. The van der Waals surface area contributed by atoms with E-state index < -0.39 is 12.5 Å². The lowest BCUT2D eigenvalue weighted by molar-refractivity contribution is -0.0498. The molecule has 0 saturated heterocycles. The molecule has 25 heavy (non-hydrogen) atoms. The topological polar surface area (TPSA) is 79.9 Å². The van der Waals surface area contributed by atoms with E-state index in [9.17, 15) is 13.6 Å². The van der Waals surface area contributed by atoms with Gasteiger partial charge in [0.15, 0.2) is 5.82 Å². The highest BCUT2D eigenvalue weighted by Gasteiger charge is 2.12. The molecule has 0 saturated carbocycles. The molecule has 0 fully saturated rings. The number of carbonyl (C=O) groups excluding carboxylic acids is 1. The molecule has 8 heteroatoms. The summed E-state index contributed by atoms with van der Waals surface area (Å²) < 4.78 is 28.8. The molecule has 6 nitrogen and oxygen atoms in total. The third-order valence-corrected chi connectivity index (χ3v) is 3.36. The van der Waals surface area contributed by atoms with Crippen molar-refractivity contribution in [3.63, 3.8) is 0 Å². The normalized spacial score (nSPS) is 10.7. The molecule has 0 aliphatic heterocycles. The van der Waals surface area contributed by atoms with Crippen LogP contribution in [0, 0.1) is 6.92 Å². The molecular weight excluding hydrogens is 330 g/mol. The molecule has 0 radical (unpaired) electrons. The standard InChI is InChI=1S/C17H14F2N4O2/c1-10-5-7-11(8-6-10)14-20-17(23-22-14)21-15(24)12-3-2-4-13(9-12)25-16(18)19/h2-9,16H,1H3,(H2,20,21,22,23,24). The molecule has 0 bridgehead atoms. The highest BCUT2D eigenvalue weighted by molar-refractivity contribution is 6.03. The zero-order valence-electron chi connectivity index (χ0n) is 13.2. The van der Waals surface area contributed by atoms with Crippen LogP contribution in [-0.4, -0.2) is 27.7 Å². The molecule has 0 aliphatic carbocycles. The van der Waals surface area contributed by atoms with Crippen LogP contribution in [0.3, 0.4) is 0 Å². The van der Waals surface area contributed by atoms with Crippen molar-refractivity contribution in [3.8, 4) is 17.1 Å². The third kappa shape index (κ3) is 4.17. The van der Waals surface area contributed by atoms with Gasteiger partial charge in [0.05, 0.1) is 0 Å². The zero-order chi connectivity index (χ0) is 17.8. The first-order chi connectivity index (χ1) is 12.0. The molecule has 0 aliphatic rings. The minimum atomic E-state index is -2.96. The number of hydrogen-bond acceptors (Lipinski definition) is 4. The summed E-state index contributed by atoms with van der Waals surface area (Å²) in [7, 11) is 0. The SMILES string of the molecule is Cc1ccc(-c2nc(NC(=O)c3cccc(OC(F)F)c3)n[nH]2)cc1. The van der Waals surface area contributed by atoms with Crippen LogP contribution in [0.15, 0.2) is 48.5 Å². The Morgan fingerprint density at radius 3 is 2.68 bits per heavy atom. The molecule has 0 atom stereocenters. The minimum Gasteiger partial charge on any atom is -0.435 e. The third-order valence-electron chi connectivity index (χ3n) is 3.36. The first kappa shape index (κ1) is 16.6. The molecular formula is C17H14F2N4O2. The number of alkyl halides is 2. The van der Waals surface area contributed by atoms with Gasteiger partial charge in [0.1, 0.15) is 5.75 Å². The lowest BCUT2D eigenvalue weighted by Gasteiger charge is -2.06. The summed E-state index contributed by atoms with van der Waals surface area (Å²) in [5.74, 6) is -0.0435. The van der Waals surface area contributed by atoms with Crippen LogP contribution in [0.1, 0.15) is 15.9 Å². The van der Waals surface area contributed by atoms with Crippen LogP contribution >= 0.6 is 0 Å². The largest absolute Gasteiger partial charge is 0.435 e. The number of aromatic nitrogens is 3. The van der Waals surface area contributed by atoms with E-state index in [1.807, 2.05) is 31.2 Å². The smallest absolute Gasteiger partial charge is 0.387 e. The Balaban J connectivity index is 1.72. The van der Waals surface area contributed by atoms with Crippen LogP contribution in [0.4, 0.5) is 14.7 Å². The van der Waals surface area contributed by atoms with Crippen LogP contribution in [0.25, 0.3) is 11.4 Å². The van der Waals surface area contributed by atoms with E-state index in [-0.39, 0.29) is 17.3 Å². The van der Waals surface area contributed by atoms with Gasteiger partial charge in [-0.25, -0.2) is 0 Å². The fourth-order valence-electron chi connectivity index (χ4n) is 2.15. The minimum absolute atomic E-state index is 0.0840. The summed E-state index contributed by atoms with van der Waals surface area (Å²) in [5, 5.41) is 9.17. The highest BCUT2D eigenvalue weighted by Crippen LogP contribution is 2.18. The predicted octanol–water partition coefficient (Wildman–Crippen LogP) is 3.63. The van der Waals surface area contributed by atoms with Crippen LogP contribution in [-0.2, 0) is 0 Å². The summed E-state index contributed by atoms with van der Waals surface area (Å²) in [5.41, 5.74) is 2.09. The summed E-state index contributed by atoms with van der Waals surface area (Å²) in [4.78, 5) is 16.4. The second-order valence-electron chi connectivity index (χ2n) is 5.23. The molecule has 0 unspecified atom stereocenters. The van der Waals surface area contributed by atoms with Crippen molar-refractivity contribution >= 4 is 11.9 Å². The average Bonchev–Trinajstić information content (AvgIpc) is 3.03. The molecule has 3 aromatic rings. The number of carbonyl (C=O) groups is 1. The first-order valence-corrected chi connectivity index (χ1v) is 7.37. The van der Waals surface area contributed by atoms with E-state index in [1.165, 1.54) is 24.3 Å². The van der Waals surface area contributed by atoms with Crippen molar-refractivity contribution in [2.75, 3.05) is 5.32 Å². The highest BCUT2D eigenvalue weighted by atomic mass is 19.3. The molecule has 2 aromatic carbocycles. The number of amides is 1. The average molecular weight is 344 g/mol. The second-order valence-corrected chi connectivity index (χ2v) is 5.23. The summed E-state index contributed by atoms with van der Waals surface area (Å²) in [6.07, 6.45) is 0. The maximum atomic E-state index is 12.2. The van der Waals surface area contributed by atoms with Gasteiger partial charge in [-0.15, -0.1) is 5.10 Å². The van der Waals surface area contributed by atoms with Gasteiger partial charge in [0.2, 0.25) is 5.95 Å². The second kappa shape index (κ2) is 7.08. The molecule has 128 valence electrons. The summed E-state index contributed by atoms with van der Waals surface area (Å²) >= 11 is 0. The lowest BCUT2D eigenvalue weighted by atomic mass is 10.1. The maximum absolute atomic E-state index is 12.2. The van der Waals surface area contributed by atoms with E-state index >= 15 is 0 Å². The van der Waals surface area contributed by atoms with Crippen LogP contribution < -0.4 is 10.1 Å². The maximum Gasteiger partial charge on any atom is 0.387 e. The van der Waals surface area contributed by atoms with Gasteiger partial charge in [-0.05, 0) is 25.1 Å². The number of nitrogens with zero attached hydrogens (tertiary/aromatic N) is 2. The Hall–Kier alpha value is -3.29. The molecule has 1 heterocycles. The van der Waals surface area contributed by atoms with Crippen molar-refractivity contribution in [2.24, 2.45) is 0 Å². The lowest BCUT2D eigenvalue weighted by Crippen LogP contribution is -2.13. The predicted molar refractivity (Wildman–Crippen MR) is 87.6 cm³/mol. The number of nitrogens with one attached hydrogen (secondary N) is 2. The van der Waals surface area contributed by atoms with E-state index in [0.717, 1.165) is 11.1 Å². The number of halogens is 2. The van der Waals surface area contributed by atoms with Crippen LogP contribution in [0.5, 0.6) is 5.75 Å². The van der Waals surface area contributed by atoms with E-state index in [4.69, 9.17) is 0 Å². The Kier molecular flexibility index (Phi) is 4.69. The van der Waals surface area contributed by atoms with E-state index in [1.54, 1.807) is 0 Å². The molecule has 0 spiro atoms. The number of H-pyrrole nitrogens is 1. The number of rotatable bonds is 5. The Morgan fingerprint density at radius 2 is 1.96 bits per heavy atom. The monoisotopic (exact) mass is 344 g/mol. The van der Waals surface area contributed by atoms with Gasteiger partial charge >= 0.3 is 6.61 Å². The fourth-order valence-corrected chi connectivity index (χ4v) is 2.15. The molecule has 1 aromatic heterocycles. The Morgan fingerprint density at radius 1 is 1.20 bits per heavy atom. The number of anilines is 1. The Bertz CT molecular complexity index is 878. The van der Waals surface area contributed by atoms with Gasteiger partial charge in [-0.3, -0.25) is 15.2 Å². The van der Waals surface area contributed by atoms with Gasteiger partial charge < -0.3 is 4.74 Å². The Labute approximate surface area is 141 Å². The number of ether oxygens (including phenoxy) is 1. The van der Waals surface area contributed by atoms with Crippen molar-refractivity contribution < 1.29 is 18.3 Å². The van der Waals surface area contributed by atoms with Gasteiger partial charge in [-0.1, -0.05) is 35.9 Å². The van der Waals surface area contributed by atoms with Crippen molar-refractivity contribution in [2.45, 2.75) is 13.5 Å². The summed E-state index contributed by atoms with van der Waals surface area (Å²) in [6, 6.07) is 13.1. The van der Waals surface area contributed by atoms with Crippen molar-refractivity contribution in [3.05, 3.63) is 59.7 Å². The number of aromatic amines is 1. The molecule has 3 rings (SSSR count). The van der Waals surface area contributed by atoms with Crippen LogP contribution in [0.2, 0.25) is 0 Å². The van der Waals surface area contributed by atoms with E-state index in [2.05, 4.69) is 25.2 Å².